The van der Waals surface area contributed by atoms with Crippen LogP contribution >= 0.6 is 0 Å². The fraction of sp³-hybridized carbons (Fsp3) is 0.476. The molecule has 0 spiro atoms. The fourth-order valence-electron chi connectivity index (χ4n) is 3.74. The van der Waals surface area contributed by atoms with Gasteiger partial charge in [-0.15, -0.1) is 0 Å². The first-order valence-electron chi connectivity index (χ1n) is 9.32. The van der Waals surface area contributed by atoms with Crippen LogP contribution in [0.4, 0.5) is 0 Å². The maximum absolute atomic E-state index is 12.9. The number of likely N-dealkylation sites (tertiary alicyclic amines) is 1. The average Bonchev–Trinajstić information content (AvgIpc) is 3.12. The summed E-state index contributed by atoms with van der Waals surface area (Å²) in [5.41, 5.74) is 1.04. The number of aliphatic hydroxyl groups is 1. The first-order valence-corrected chi connectivity index (χ1v) is 9.32. The molecule has 2 heterocycles. The molecule has 0 radical (unpaired) electrons. The van der Waals surface area contributed by atoms with Crippen molar-refractivity contribution < 1.29 is 14.3 Å². The Morgan fingerprint density at radius 2 is 2.04 bits per heavy atom. The number of likely N-dealkylation sites (N-methyl/N-ethyl adjacent to an activating group) is 1. The Morgan fingerprint density at radius 1 is 1.23 bits per heavy atom. The van der Waals surface area contributed by atoms with Gasteiger partial charge in [-0.3, -0.25) is 9.69 Å². The van der Waals surface area contributed by atoms with Crippen molar-refractivity contribution in [1.29, 1.82) is 0 Å². The van der Waals surface area contributed by atoms with Crippen LogP contribution in [0.15, 0.2) is 53.3 Å². The van der Waals surface area contributed by atoms with E-state index < -0.39 is 5.60 Å². The van der Waals surface area contributed by atoms with Gasteiger partial charge >= 0.3 is 0 Å². The van der Waals surface area contributed by atoms with Crippen molar-refractivity contribution in [1.82, 2.24) is 9.80 Å². The minimum absolute atomic E-state index is 0.129. The summed E-state index contributed by atoms with van der Waals surface area (Å²) in [6, 6.07) is 12.2. The Kier molecular flexibility index (Phi) is 6.12. The van der Waals surface area contributed by atoms with E-state index in [1.54, 1.807) is 12.5 Å². The van der Waals surface area contributed by atoms with Gasteiger partial charge in [-0.05, 0) is 44.4 Å². The highest BCUT2D eigenvalue weighted by atomic mass is 16.3. The summed E-state index contributed by atoms with van der Waals surface area (Å²) in [6.45, 7) is 2.43. The highest BCUT2D eigenvalue weighted by molar-refractivity contribution is 5.86. The monoisotopic (exact) mass is 356 g/mol. The minimum Gasteiger partial charge on any atom is -0.472 e. The van der Waals surface area contributed by atoms with Crippen LogP contribution in [0.5, 0.6) is 0 Å². The number of carbonyl (C=O) groups excluding carboxylic acids is 1. The lowest BCUT2D eigenvalue weighted by atomic mass is 9.90. The van der Waals surface area contributed by atoms with Crippen molar-refractivity contribution in [3.05, 3.63) is 60.1 Å². The molecule has 3 rings (SSSR count). The summed E-state index contributed by atoms with van der Waals surface area (Å²) >= 11 is 0. The van der Waals surface area contributed by atoms with Gasteiger partial charge in [0.05, 0.1) is 12.5 Å². The highest BCUT2D eigenvalue weighted by Gasteiger charge is 2.42. The largest absolute Gasteiger partial charge is 0.472 e. The Bertz CT molecular complexity index is 687. The molecule has 1 aromatic carbocycles. The Morgan fingerprint density at radius 3 is 2.77 bits per heavy atom. The number of furan rings is 1. The molecule has 2 aromatic rings. The standard InChI is InChI=1S/C21H28N2O3/c1-22(15-19-10-14-26-16-19)17-21(25)11-6-13-23(20(21)24)12-5-9-18-7-3-2-4-8-18/h2-4,7-8,10,14,16,25H,5-6,9,11-13,15,17H2,1H3/t21-/m1/s1. The van der Waals surface area contributed by atoms with Gasteiger partial charge < -0.3 is 14.4 Å². The van der Waals surface area contributed by atoms with Crippen molar-refractivity contribution in [2.24, 2.45) is 0 Å². The van der Waals surface area contributed by atoms with Crippen molar-refractivity contribution in [3.63, 3.8) is 0 Å². The van der Waals surface area contributed by atoms with Gasteiger partial charge in [-0.1, -0.05) is 30.3 Å². The average molecular weight is 356 g/mol. The van der Waals surface area contributed by atoms with Crippen LogP contribution in [-0.4, -0.2) is 53.1 Å². The van der Waals surface area contributed by atoms with Crippen LogP contribution in [0.25, 0.3) is 0 Å². The number of hydrogen-bond donors (Lipinski definition) is 1. The zero-order chi connectivity index (χ0) is 18.4. The van der Waals surface area contributed by atoms with Gasteiger partial charge in [0.1, 0.15) is 0 Å². The Labute approximate surface area is 155 Å². The fourth-order valence-corrected chi connectivity index (χ4v) is 3.74. The predicted octanol–water partition coefficient (Wildman–Crippen LogP) is 2.70. The van der Waals surface area contributed by atoms with E-state index in [9.17, 15) is 9.90 Å². The molecular weight excluding hydrogens is 328 g/mol. The van der Waals surface area contributed by atoms with E-state index in [0.717, 1.165) is 31.4 Å². The summed E-state index contributed by atoms with van der Waals surface area (Å²) in [5, 5.41) is 11.0. The summed E-state index contributed by atoms with van der Waals surface area (Å²) in [4.78, 5) is 16.7. The van der Waals surface area contributed by atoms with Gasteiger partial charge in [0, 0.05) is 31.7 Å². The van der Waals surface area contributed by atoms with E-state index in [-0.39, 0.29) is 5.91 Å². The van der Waals surface area contributed by atoms with Crippen LogP contribution in [0.2, 0.25) is 0 Å². The summed E-state index contributed by atoms with van der Waals surface area (Å²) in [5.74, 6) is -0.129. The number of carbonyl (C=O) groups is 1. The lowest BCUT2D eigenvalue weighted by molar-refractivity contribution is -0.159. The van der Waals surface area contributed by atoms with Crippen molar-refractivity contribution in [3.8, 4) is 0 Å². The van der Waals surface area contributed by atoms with E-state index in [1.807, 2.05) is 41.1 Å². The molecule has 0 bridgehead atoms. The second-order valence-electron chi connectivity index (χ2n) is 7.32. The molecule has 1 saturated heterocycles. The molecule has 1 fully saturated rings. The molecule has 1 aliphatic rings. The molecule has 0 unspecified atom stereocenters. The molecule has 0 aliphatic carbocycles. The van der Waals surface area contributed by atoms with E-state index in [0.29, 0.717) is 26.1 Å². The van der Waals surface area contributed by atoms with Crippen molar-refractivity contribution in [2.75, 3.05) is 26.7 Å². The normalized spacial score (nSPS) is 20.7. The molecule has 1 atom stereocenters. The van der Waals surface area contributed by atoms with Gasteiger partial charge in [-0.2, -0.15) is 0 Å². The summed E-state index contributed by atoms with van der Waals surface area (Å²) in [7, 11) is 1.92. The number of amides is 1. The van der Waals surface area contributed by atoms with Crippen LogP contribution < -0.4 is 0 Å². The van der Waals surface area contributed by atoms with Crippen LogP contribution in [-0.2, 0) is 17.8 Å². The van der Waals surface area contributed by atoms with Crippen molar-refractivity contribution in [2.45, 2.75) is 37.8 Å². The highest BCUT2D eigenvalue weighted by Crippen LogP contribution is 2.24. The third kappa shape index (κ3) is 4.74. The molecule has 26 heavy (non-hydrogen) atoms. The smallest absolute Gasteiger partial charge is 0.255 e. The van der Waals surface area contributed by atoms with E-state index >= 15 is 0 Å². The number of piperidine rings is 1. The minimum atomic E-state index is -1.29. The maximum atomic E-state index is 12.9. The molecular formula is C21H28N2O3. The lowest BCUT2D eigenvalue weighted by Gasteiger charge is -2.40. The molecule has 1 aliphatic heterocycles. The zero-order valence-corrected chi connectivity index (χ0v) is 15.4. The molecule has 5 nitrogen and oxygen atoms in total. The Balaban J connectivity index is 1.52. The number of aryl methyl sites for hydroxylation is 1. The van der Waals surface area contributed by atoms with E-state index in [1.165, 1.54) is 5.56 Å². The second kappa shape index (κ2) is 8.52. The van der Waals surface area contributed by atoms with Gasteiger partial charge in [0.25, 0.3) is 5.91 Å². The van der Waals surface area contributed by atoms with Crippen LogP contribution in [0.1, 0.15) is 30.4 Å². The van der Waals surface area contributed by atoms with Crippen LogP contribution in [0.3, 0.4) is 0 Å². The van der Waals surface area contributed by atoms with Crippen molar-refractivity contribution >= 4 is 5.91 Å². The molecule has 1 aromatic heterocycles. The van der Waals surface area contributed by atoms with Gasteiger partial charge in [0.2, 0.25) is 0 Å². The quantitative estimate of drug-likeness (QED) is 0.790. The summed E-state index contributed by atoms with van der Waals surface area (Å²) < 4.78 is 5.09. The molecule has 0 saturated carbocycles. The predicted molar refractivity (Wildman–Crippen MR) is 101 cm³/mol. The van der Waals surface area contributed by atoms with Gasteiger partial charge in [0.15, 0.2) is 5.60 Å². The molecule has 1 N–H and O–H groups in total. The first-order chi connectivity index (χ1) is 12.6. The van der Waals surface area contributed by atoms with Gasteiger partial charge in [-0.25, -0.2) is 0 Å². The van der Waals surface area contributed by atoms with Crippen LogP contribution in [0, 0.1) is 0 Å². The topological polar surface area (TPSA) is 56.9 Å². The molecule has 1 amide bonds. The number of hydrogen-bond acceptors (Lipinski definition) is 4. The number of nitrogens with zero attached hydrogens (tertiary/aromatic N) is 2. The SMILES string of the molecule is CN(Cc1ccoc1)C[C@]1(O)CCCN(CCCc2ccccc2)C1=O. The number of rotatable bonds is 8. The van der Waals surface area contributed by atoms with E-state index in [4.69, 9.17) is 4.42 Å². The Hall–Kier alpha value is -2.11. The first kappa shape index (κ1) is 18.7. The third-order valence-corrected chi connectivity index (χ3v) is 5.00. The number of benzene rings is 1. The second-order valence-corrected chi connectivity index (χ2v) is 7.32. The van der Waals surface area contributed by atoms with E-state index in [2.05, 4.69) is 12.1 Å². The maximum Gasteiger partial charge on any atom is 0.255 e. The molecule has 5 heteroatoms. The zero-order valence-electron chi connectivity index (χ0n) is 15.4. The third-order valence-electron chi connectivity index (χ3n) is 5.00. The molecule has 140 valence electrons. The summed E-state index contributed by atoms with van der Waals surface area (Å²) in [6.07, 6.45) is 6.56. The lowest BCUT2D eigenvalue weighted by Crippen LogP contribution is -2.58.